The van der Waals surface area contributed by atoms with Gasteiger partial charge in [0.25, 0.3) is 5.91 Å². The lowest BCUT2D eigenvalue weighted by Crippen LogP contribution is -2.93. The number of piperidine rings is 2. The van der Waals surface area contributed by atoms with E-state index < -0.39 is 5.41 Å². The number of urea groups is 1. The Hall–Kier alpha value is -3.26. The number of hydrogen-bond acceptors (Lipinski definition) is 8. The third kappa shape index (κ3) is 6.10. The molecule has 12 nitrogen and oxygen atoms in total. The lowest BCUT2D eigenvalue weighted by molar-refractivity contribution is -0.576. The minimum Gasteiger partial charge on any atom is -0.495 e. The zero-order valence-corrected chi connectivity index (χ0v) is 25.1. The number of carbonyl (C=O) groups is 4. The molecule has 3 aliphatic rings. The number of nitrogens with one attached hydrogen (secondary N) is 3. The van der Waals surface area contributed by atoms with Crippen molar-refractivity contribution in [1.82, 2.24) is 20.4 Å². The van der Waals surface area contributed by atoms with Crippen LogP contribution in [0.5, 0.6) is 5.75 Å². The standard InChI is InChI=1S/C29H40N6O6S/c1-3-30-28(39)33-24-22(20-6-4-7-21(40-2)23(20)42-24)25(36)34-14-8-19(9-15-34)35-13-5-10-29(18-35)26(37)31-11-16-41-17-12-32-27(29)38/h4,6-7,19H,3,5,8-18H2,1-2H3,(H,31,37)(H,32,38)(H2,30,33,39)/p+1. The minimum atomic E-state index is -1.07. The number of methoxy groups -OCH3 is 1. The smallest absolute Gasteiger partial charge is 0.327 e. The molecule has 0 bridgehead atoms. The highest BCUT2D eigenvalue weighted by molar-refractivity contribution is 7.23. The molecule has 5 rings (SSSR count). The van der Waals surface area contributed by atoms with Crippen molar-refractivity contribution in [2.75, 3.05) is 71.5 Å². The first-order chi connectivity index (χ1) is 20.4. The fourth-order valence-electron chi connectivity index (χ4n) is 6.33. The molecule has 2 aromatic rings. The van der Waals surface area contributed by atoms with Crippen molar-refractivity contribution >= 4 is 50.2 Å². The van der Waals surface area contributed by atoms with Crippen LogP contribution in [-0.2, 0) is 14.3 Å². The summed E-state index contributed by atoms with van der Waals surface area (Å²) in [6.07, 6.45) is 2.78. The Kier molecular flexibility index (Phi) is 9.61. The van der Waals surface area contributed by atoms with Crippen molar-refractivity contribution in [3.05, 3.63) is 23.8 Å². The van der Waals surface area contributed by atoms with E-state index in [2.05, 4.69) is 20.9 Å². The van der Waals surface area contributed by atoms with Crippen LogP contribution in [0.1, 0.15) is 43.0 Å². The zero-order valence-electron chi connectivity index (χ0n) is 24.3. The fraction of sp³-hybridized carbons (Fsp3) is 0.586. The fourth-order valence-corrected chi connectivity index (χ4v) is 7.51. The Balaban J connectivity index is 1.31. The molecular weight excluding hydrogens is 560 g/mol. The number of hydrogen-bond donors (Lipinski definition) is 4. The molecule has 3 aliphatic heterocycles. The summed E-state index contributed by atoms with van der Waals surface area (Å²) in [7, 11) is 1.59. The van der Waals surface area contributed by atoms with Crippen LogP contribution < -0.4 is 26.0 Å². The number of benzene rings is 1. The molecule has 1 unspecified atom stereocenters. The first-order valence-corrected chi connectivity index (χ1v) is 15.6. The molecule has 42 heavy (non-hydrogen) atoms. The maximum Gasteiger partial charge on any atom is 0.327 e. The maximum absolute atomic E-state index is 14.0. The van der Waals surface area contributed by atoms with Crippen molar-refractivity contribution in [1.29, 1.82) is 0 Å². The molecule has 0 saturated carbocycles. The first kappa shape index (κ1) is 30.2. The van der Waals surface area contributed by atoms with Crippen LogP contribution in [0, 0.1) is 5.41 Å². The normalized spacial score (nSPS) is 23.0. The van der Waals surface area contributed by atoms with Gasteiger partial charge in [-0.1, -0.05) is 12.1 Å². The predicted octanol–water partition coefficient (Wildman–Crippen LogP) is 0.975. The van der Waals surface area contributed by atoms with E-state index in [4.69, 9.17) is 9.47 Å². The van der Waals surface area contributed by atoms with Gasteiger partial charge in [-0.25, -0.2) is 9.59 Å². The third-order valence-electron chi connectivity index (χ3n) is 8.50. The van der Waals surface area contributed by atoms with Gasteiger partial charge in [-0.3, -0.25) is 25.1 Å². The molecular formula is C29H41N6O6S+. The first-order valence-electron chi connectivity index (χ1n) is 14.8. The Morgan fingerprint density at radius 1 is 1.21 bits per heavy atom. The van der Waals surface area contributed by atoms with Gasteiger partial charge in [0.05, 0.1) is 30.6 Å². The van der Waals surface area contributed by atoms with E-state index >= 15 is 0 Å². The van der Waals surface area contributed by atoms with Crippen LogP contribution in [-0.4, -0.2) is 106 Å². The molecule has 1 aromatic carbocycles. The minimum absolute atomic E-state index is 0.116. The zero-order chi connectivity index (χ0) is 29.7. The number of likely N-dealkylation sites (tertiary alicyclic amines) is 2. The van der Waals surface area contributed by atoms with Crippen LogP contribution in [0.3, 0.4) is 0 Å². The Morgan fingerprint density at radius 3 is 2.79 bits per heavy atom. The van der Waals surface area contributed by atoms with Crippen LogP contribution in [0.15, 0.2) is 18.2 Å². The van der Waals surface area contributed by atoms with E-state index in [0.717, 1.165) is 35.9 Å². The molecule has 5 N–H and O–H groups in total. The molecule has 3 saturated heterocycles. The van der Waals surface area contributed by atoms with Gasteiger partial charge in [0, 0.05) is 44.2 Å². The topological polar surface area (TPSA) is 146 Å². The van der Waals surface area contributed by atoms with Crippen LogP contribution in [0.25, 0.3) is 10.1 Å². The number of nitrogens with zero attached hydrogens (tertiary/aromatic N) is 2. The molecule has 5 amide bonds. The van der Waals surface area contributed by atoms with Gasteiger partial charge in [0.1, 0.15) is 17.3 Å². The van der Waals surface area contributed by atoms with Gasteiger partial charge in [-0.15, -0.1) is 11.3 Å². The lowest BCUT2D eigenvalue weighted by Gasteiger charge is -2.45. The molecule has 4 heterocycles. The summed E-state index contributed by atoms with van der Waals surface area (Å²) >= 11 is 1.33. The van der Waals surface area contributed by atoms with E-state index in [-0.39, 0.29) is 29.8 Å². The van der Waals surface area contributed by atoms with Crippen LogP contribution >= 0.6 is 11.3 Å². The molecule has 1 aromatic heterocycles. The van der Waals surface area contributed by atoms with Crippen molar-refractivity contribution < 1.29 is 34.0 Å². The van der Waals surface area contributed by atoms with Crippen molar-refractivity contribution in [3.63, 3.8) is 0 Å². The van der Waals surface area contributed by atoms with Crippen molar-refractivity contribution in [3.8, 4) is 5.75 Å². The van der Waals surface area contributed by atoms with Gasteiger partial charge in [-0.2, -0.15) is 0 Å². The number of carbonyl (C=O) groups excluding carboxylic acids is 4. The summed E-state index contributed by atoms with van der Waals surface area (Å²) in [5, 5.41) is 11.4. The number of quaternary nitrogens is 1. The molecule has 3 fully saturated rings. The number of ether oxygens (including phenoxy) is 2. The van der Waals surface area contributed by atoms with E-state index in [1.165, 1.54) is 11.3 Å². The molecule has 1 spiro atoms. The second-order valence-corrected chi connectivity index (χ2v) is 12.1. The molecule has 228 valence electrons. The third-order valence-corrected chi connectivity index (χ3v) is 9.63. The molecule has 0 radical (unpaired) electrons. The second-order valence-electron chi connectivity index (χ2n) is 11.0. The lowest BCUT2D eigenvalue weighted by atomic mass is 9.77. The predicted molar refractivity (Wildman–Crippen MR) is 159 cm³/mol. The van der Waals surface area contributed by atoms with Crippen LogP contribution in [0.2, 0.25) is 0 Å². The number of rotatable bonds is 5. The maximum atomic E-state index is 14.0. The van der Waals surface area contributed by atoms with Gasteiger partial charge in [-0.05, 0) is 45.2 Å². The van der Waals surface area contributed by atoms with Crippen LogP contribution in [0.4, 0.5) is 9.80 Å². The SMILES string of the molecule is CCNC(=O)Nc1sc2c(OC)cccc2c1C(=O)N1CCC(N2CCCC3(C2)C(=O)NCCOCC[NH2+]C3=O)CC1. The summed E-state index contributed by atoms with van der Waals surface area (Å²) in [6.45, 7) is 6.41. The average molecular weight is 602 g/mol. The number of thiophene rings is 1. The number of fused-ring (bicyclic) bond motifs is 1. The largest absolute Gasteiger partial charge is 0.495 e. The van der Waals surface area contributed by atoms with Gasteiger partial charge in [0.15, 0.2) is 5.41 Å². The quantitative estimate of drug-likeness (QED) is 0.374. The number of nitrogens with two attached hydrogens (primary N) is 1. The Morgan fingerprint density at radius 2 is 2.02 bits per heavy atom. The van der Waals surface area contributed by atoms with Gasteiger partial charge >= 0.3 is 11.9 Å². The monoisotopic (exact) mass is 601 g/mol. The van der Waals surface area contributed by atoms with Gasteiger partial charge in [0.2, 0.25) is 5.91 Å². The summed E-state index contributed by atoms with van der Waals surface area (Å²) in [5.74, 6) is 0.193. The molecule has 1 atom stereocenters. The van der Waals surface area contributed by atoms with Gasteiger partial charge < -0.3 is 25.0 Å². The summed E-state index contributed by atoms with van der Waals surface area (Å²) in [6, 6.07) is 5.38. The Labute approximate surface area is 249 Å². The summed E-state index contributed by atoms with van der Waals surface area (Å²) < 4.78 is 11.8. The summed E-state index contributed by atoms with van der Waals surface area (Å²) in [5.41, 5.74) is -0.601. The van der Waals surface area contributed by atoms with Crippen molar-refractivity contribution in [2.45, 2.75) is 38.6 Å². The molecule has 13 heteroatoms. The number of anilines is 1. The van der Waals surface area contributed by atoms with E-state index in [9.17, 15) is 19.2 Å². The van der Waals surface area contributed by atoms with E-state index in [1.807, 2.05) is 30.0 Å². The molecule has 0 aliphatic carbocycles. The van der Waals surface area contributed by atoms with Crippen molar-refractivity contribution in [2.24, 2.45) is 5.41 Å². The summed E-state index contributed by atoms with van der Waals surface area (Å²) in [4.78, 5) is 57.1. The Bertz CT molecular complexity index is 1300. The second kappa shape index (κ2) is 13.4. The number of amides is 5. The highest BCUT2D eigenvalue weighted by Crippen LogP contribution is 2.42. The van der Waals surface area contributed by atoms with E-state index in [1.54, 1.807) is 12.4 Å². The highest BCUT2D eigenvalue weighted by Gasteiger charge is 2.52. The average Bonchev–Trinajstić information content (AvgIpc) is 3.37. The van der Waals surface area contributed by atoms with E-state index in [0.29, 0.717) is 75.2 Å². The highest BCUT2D eigenvalue weighted by atomic mass is 32.1. The number of primary amides is 1.